The molecule has 1 unspecified atom stereocenters. The maximum atomic E-state index is 11.7. The molecular weight excluding hydrogens is 298 g/mol. The lowest BCUT2D eigenvalue weighted by molar-refractivity contribution is -0.121. The van der Waals surface area contributed by atoms with Crippen LogP contribution in [0.25, 0.3) is 0 Å². The van der Waals surface area contributed by atoms with E-state index < -0.39 is 0 Å². The third-order valence-electron chi connectivity index (χ3n) is 3.84. The molecule has 2 rings (SSSR count). The molecule has 2 aromatic carbocycles. The largest absolute Gasteiger partial charge is 0.485 e. The number of carbonyl (C=O) groups is 1. The Hall–Kier alpha value is -2.55. The van der Waals surface area contributed by atoms with Crippen LogP contribution < -0.4 is 10.1 Å². The molecule has 0 spiro atoms. The van der Waals surface area contributed by atoms with E-state index in [0.717, 1.165) is 23.3 Å². The molecule has 0 aliphatic rings. The Morgan fingerprint density at radius 3 is 2.58 bits per heavy atom. The Kier molecular flexibility index (Phi) is 7.09. The van der Waals surface area contributed by atoms with Crippen molar-refractivity contribution >= 4 is 5.91 Å². The second-order valence-electron chi connectivity index (χ2n) is 5.75. The number of hydrogen-bond donors (Lipinski definition) is 1. The fourth-order valence-corrected chi connectivity index (χ4v) is 2.47. The number of benzene rings is 2. The van der Waals surface area contributed by atoms with E-state index in [1.807, 2.05) is 49.4 Å². The second-order valence-corrected chi connectivity index (χ2v) is 5.75. The Labute approximate surface area is 144 Å². The highest BCUT2D eigenvalue weighted by atomic mass is 16.5. The number of aryl methyl sites for hydroxylation is 1. The summed E-state index contributed by atoms with van der Waals surface area (Å²) in [5.74, 6) is 0.932. The van der Waals surface area contributed by atoms with Gasteiger partial charge in [0.2, 0.25) is 5.91 Å². The van der Waals surface area contributed by atoms with Gasteiger partial charge in [-0.1, -0.05) is 54.6 Å². The number of ether oxygens (including phenoxy) is 1. The van der Waals surface area contributed by atoms with Gasteiger partial charge in [0.25, 0.3) is 0 Å². The molecule has 126 valence electrons. The summed E-state index contributed by atoms with van der Waals surface area (Å²) in [5.41, 5.74) is 2.22. The van der Waals surface area contributed by atoms with Crippen molar-refractivity contribution in [3.05, 3.63) is 78.4 Å². The van der Waals surface area contributed by atoms with E-state index in [0.29, 0.717) is 19.4 Å². The maximum absolute atomic E-state index is 11.7. The minimum atomic E-state index is -0.0907. The zero-order valence-electron chi connectivity index (χ0n) is 14.2. The summed E-state index contributed by atoms with van der Waals surface area (Å²) in [6.45, 7) is 6.26. The van der Waals surface area contributed by atoms with Crippen LogP contribution in [0.15, 0.2) is 67.3 Å². The summed E-state index contributed by atoms with van der Waals surface area (Å²) in [6, 6.07) is 18.1. The topological polar surface area (TPSA) is 38.3 Å². The summed E-state index contributed by atoms with van der Waals surface area (Å²) in [4.78, 5) is 11.7. The van der Waals surface area contributed by atoms with Gasteiger partial charge in [0.15, 0.2) is 0 Å². The van der Waals surface area contributed by atoms with E-state index >= 15 is 0 Å². The smallest absolute Gasteiger partial charge is 0.220 e. The molecule has 0 aliphatic carbocycles. The molecule has 0 heterocycles. The number of nitrogens with one attached hydrogen (secondary N) is 1. The van der Waals surface area contributed by atoms with Gasteiger partial charge in [-0.3, -0.25) is 4.79 Å². The lowest BCUT2D eigenvalue weighted by Crippen LogP contribution is -2.26. The van der Waals surface area contributed by atoms with Crippen molar-refractivity contribution < 1.29 is 9.53 Å². The fourth-order valence-electron chi connectivity index (χ4n) is 2.47. The third kappa shape index (κ3) is 5.58. The van der Waals surface area contributed by atoms with Gasteiger partial charge in [0.05, 0.1) is 0 Å². The lowest BCUT2D eigenvalue weighted by atomic mass is 10.1. The van der Waals surface area contributed by atoms with Crippen LogP contribution in [0.2, 0.25) is 0 Å². The highest BCUT2D eigenvalue weighted by Gasteiger charge is 2.14. The van der Waals surface area contributed by atoms with Crippen LogP contribution >= 0.6 is 0 Å². The normalized spacial score (nSPS) is 11.5. The van der Waals surface area contributed by atoms with Gasteiger partial charge in [-0.05, 0) is 30.5 Å². The Morgan fingerprint density at radius 2 is 1.88 bits per heavy atom. The van der Waals surface area contributed by atoms with Crippen LogP contribution in [0.5, 0.6) is 5.75 Å². The molecule has 0 fully saturated rings. The van der Waals surface area contributed by atoms with E-state index in [1.54, 1.807) is 6.08 Å². The lowest BCUT2D eigenvalue weighted by Gasteiger charge is -2.21. The molecule has 1 atom stereocenters. The standard InChI is InChI=1S/C21H25NO2/c1-3-4-14-21(23)22-16-15-20(18-11-6-5-7-12-18)24-19-13-9-8-10-17(19)2/h3,5-13,20H,1,4,14-16H2,2H3,(H,22,23). The Balaban J connectivity index is 2.00. The summed E-state index contributed by atoms with van der Waals surface area (Å²) in [7, 11) is 0. The molecule has 24 heavy (non-hydrogen) atoms. The van der Waals surface area contributed by atoms with Gasteiger partial charge in [-0.15, -0.1) is 6.58 Å². The van der Waals surface area contributed by atoms with Crippen LogP contribution in [-0.2, 0) is 4.79 Å². The molecule has 3 heteroatoms. The highest BCUT2D eigenvalue weighted by Crippen LogP contribution is 2.26. The van der Waals surface area contributed by atoms with Crippen molar-refractivity contribution in [3.8, 4) is 5.75 Å². The summed E-state index contributed by atoms with van der Waals surface area (Å²) >= 11 is 0. The average Bonchev–Trinajstić information content (AvgIpc) is 2.61. The van der Waals surface area contributed by atoms with E-state index in [1.165, 1.54) is 0 Å². The van der Waals surface area contributed by atoms with Gasteiger partial charge in [-0.25, -0.2) is 0 Å². The number of para-hydroxylation sites is 1. The highest BCUT2D eigenvalue weighted by molar-refractivity contribution is 5.75. The monoisotopic (exact) mass is 323 g/mol. The number of amides is 1. The first-order valence-electron chi connectivity index (χ1n) is 8.35. The van der Waals surface area contributed by atoms with E-state index in [9.17, 15) is 4.79 Å². The summed E-state index contributed by atoms with van der Waals surface area (Å²) in [5, 5.41) is 2.95. The minimum Gasteiger partial charge on any atom is -0.485 e. The SMILES string of the molecule is C=CCCC(=O)NCCC(Oc1ccccc1C)c1ccccc1. The van der Waals surface area contributed by atoms with Gasteiger partial charge < -0.3 is 10.1 Å². The molecule has 3 nitrogen and oxygen atoms in total. The first-order chi connectivity index (χ1) is 11.7. The van der Waals surface area contributed by atoms with Crippen molar-refractivity contribution in [1.29, 1.82) is 0 Å². The van der Waals surface area contributed by atoms with E-state index in [4.69, 9.17) is 4.74 Å². The molecule has 1 amide bonds. The number of carbonyl (C=O) groups excluding carboxylic acids is 1. The van der Waals surface area contributed by atoms with E-state index in [-0.39, 0.29) is 12.0 Å². The van der Waals surface area contributed by atoms with Crippen LogP contribution in [0, 0.1) is 6.92 Å². The predicted molar refractivity (Wildman–Crippen MR) is 98.0 cm³/mol. The molecular formula is C21H25NO2. The quantitative estimate of drug-likeness (QED) is 0.686. The molecule has 1 N–H and O–H groups in total. The number of hydrogen-bond acceptors (Lipinski definition) is 2. The van der Waals surface area contributed by atoms with Crippen LogP contribution in [0.3, 0.4) is 0 Å². The number of allylic oxidation sites excluding steroid dienone is 1. The molecule has 0 aromatic heterocycles. The fraction of sp³-hybridized carbons (Fsp3) is 0.286. The zero-order chi connectivity index (χ0) is 17.2. The molecule has 0 aliphatic heterocycles. The average molecular weight is 323 g/mol. The Bertz CT molecular complexity index is 652. The van der Waals surface area contributed by atoms with Gasteiger partial charge >= 0.3 is 0 Å². The summed E-state index contributed by atoms with van der Waals surface area (Å²) in [6.07, 6.45) is 3.57. The number of rotatable bonds is 9. The Morgan fingerprint density at radius 1 is 1.17 bits per heavy atom. The third-order valence-corrected chi connectivity index (χ3v) is 3.84. The van der Waals surface area contributed by atoms with Crippen LogP contribution in [0.4, 0.5) is 0 Å². The summed E-state index contributed by atoms with van der Waals surface area (Å²) < 4.78 is 6.23. The molecule has 0 saturated heterocycles. The molecule has 0 saturated carbocycles. The van der Waals surface area contributed by atoms with Crippen molar-refractivity contribution in [2.45, 2.75) is 32.3 Å². The molecule has 2 aromatic rings. The van der Waals surface area contributed by atoms with Gasteiger partial charge in [-0.2, -0.15) is 0 Å². The van der Waals surface area contributed by atoms with Crippen LogP contribution in [0.1, 0.15) is 36.5 Å². The van der Waals surface area contributed by atoms with Gasteiger partial charge in [0, 0.05) is 19.4 Å². The van der Waals surface area contributed by atoms with Crippen molar-refractivity contribution in [3.63, 3.8) is 0 Å². The van der Waals surface area contributed by atoms with Gasteiger partial charge in [0.1, 0.15) is 11.9 Å². The van der Waals surface area contributed by atoms with Crippen molar-refractivity contribution in [2.24, 2.45) is 0 Å². The predicted octanol–water partition coefficient (Wildman–Crippen LogP) is 4.59. The van der Waals surface area contributed by atoms with E-state index in [2.05, 4.69) is 24.0 Å². The maximum Gasteiger partial charge on any atom is 0.220 e. The second kappa shape index (κ2) is 9.56. The molecule has 0 bridgehead atoms. The molecule has 0 radical (unpaired) electrons. The van der Waals surface area contributed by atoms with Crippen molar-refractivity contribution in [1.82, 2.24) is 5.32 Å². The minimum absolute atomic E-state index is 0.0533. The first-order valence-corrected chi connectivity index (χ1v) is 8.35. The van der Waals surface area contributed by atoms with Crippen LogP contribution in [-0.4, -0.2) is 12.5 Å². The van der Waals surface area contributed by atoms with Crippen molar-refractivity contribution in [2.75, 3.05) is 6.54 Å². The zero-order valence-corrected chi connectivity index (χ0v) is 14.2. The first kappa shape index (κ1) is 17.8.